The number of nitrogens with one attached hydrogen (secondary N) is 2. The van der Waals surface area contributed by atoms with E-state index in [1.807, 2.05) is 30.3 Å². The molecule has 0 unspecified atom stereocenters. The van der Waals surface area contributed by atoms with E-state index in [1.165, 1.54) is 0 Å². The number of rotatable bonds is 5. The third-order valence-corrected chi connectivity index (χ3v) is 4.44. The first-order valence-corrected chi connectivity index (χ1v) is 8.45. The summed E-state index contributed by atoms with van der Waals surface area (Å²) in [7, 11) is 0. The molecular weight excluding hydrogens is 338 g/mol. The largest absolute Gasteiger partial charge is 0.445 e. The molecule has 3 rings (SSSR count). The van der Waals surface area contributed by atoms with Gasteiger partial charge >= 0.3 is 6.09 Å². The first-order valence-electron chi connectivity index (χ1n) is 8.07. The highest BCUT2D eigenvalue weighted by atomic mass is 35.5. The fourth-order valence-corrected chi connectivity index (χ4v) is 2.94. The first kappa shape index (κ1) is 17.1. The highest BCUT2D eigenvalue weighted by molar-refractivity contribution is 6.33. The maximum Gasteiger partial charge on any atom is 0.407 e. The number of carbonyl (C=O) groups excluding carboxylic acids is 1. The van der Waals surface area contributed by atoms with E-state index in [2.05, 4.69) is 16.7 Å². The normalized spacial score (nSPS) is 18.6. The Hall–Kier alpha value is -2.71. The molecular formula is C19H18ClN3O2. The monoisotopic (exact) mass is 355 g/mol. The van der Waals surface area contributed by atoms with Crippen LogP contribution in [0.3, 0.4) is 0 Å². The molecule has 0 aliphatic heterocycles. The number of halogens is 1. The Morgan fingerprint density at radius 1 is 1.20 bits per heavy atom. The Bertz CT molecular complexity index is 783. The lowest BCUT2D eigenvalue weighted by Crippen LogP contribution is -2.49. The summed E-state index contributed by atoms with van der Waals surface area (Å²) in [4.78, 5) is 11.8. The van der Waals surface area contributed by atoms with Crippen molar-refractivity contribution in [3.8, 4) is 6.07 Å². The minimum absolute atomic E-state index is 0.0953. The third kappa shape index (κ3) is 4.65. The second-order valence-corrected chi connectivity index (χ2v) is 6.43. The van der Waals surface area contributed by atoms with Crippen LogP contribution in [-0.4, -0.2) is 18.2 Å². The van der Waals surface area contributed by atoms with Crippen molar-refractivity contribution in [2.24, 2.45) is 0 Å². The Kier molecular flexibility index (Phi) is 5.42. The predicted molar refractivity (Wildman–Crippen MR) is 96.4 cm³/mol. The molecule has 2 aromatic carbocycles. The fourth-order valence-electron chi connectivity index (χ4n) is 2.71. The van der Waals surface area contributed by atoms with Gasteiger partial charge in [-0.25, -0.2) is 4.79 Å². The van der Waals surface area contributed by atoms with E-state index >= 15 is 0 Å². The van der Waals surface area contributed by atoms with Crippen LogP contribution in [0.2, 0.25) is 5.02 Å². The number of anilines is 1. The molecule has 1 aliphatic carbocycles. The van der Waals surface area contributed by atoms with Crippen LogP contribution in [0.25, 0.3) is 0 Å². The molecule has 25 heavy (non-hydrogen) atoms. The molecule has 0 atom stereocenters. The number of amides is 1. The van der Waals surface area contributed by atoms with Crippen molar-refractivity contribution < 1.29 is 9.53 Å². The first-order chi connectivity index (χ1) is 12.1. The molecule has 128 valence electrons. The fraction of sp³-hybridized carbons (Fsp3) is 0.263. The Labute approximate surface area is 151 Å². The number of alkyl carbamates (subject to hydrolysis) is 1. The van der Waals surface area contributed by atoms with E-state index in [1.54, 1.807) is 18.2 Å². The van der Waals surface area contributed by atoms with Crippen molar-refractivity contribution in [3.63, 3.8) is 0 Å². The van der Waals surface area contributed by atoms with E-state index in [0.717, 1.165) is 24.1 Å². The zero-order valence-electron chi connectivity index (χ0n) is 13.5. The lowest BCUT2D eigenvalue weighted by molar-refractivity contribution is 0.129. The van der Waals surface area contributed by atoms with E-state index < -0.39 is 6.09 Å². The van der Waals surface area contributed by atoms with Crippen LogP contribution in [0.15, 0.2) is 48.5 Å². The third-order valence-electron chi connectivity index (χ3n) is 4.13. The van der Waals surface area contributed by atoms with E-state index in [0.29, 0.717) is 10.6 Å². The van der Waals surface area contributed by atoms with Crippen molar-refractivity contribution in [1.29, 1.82) is 5.26 Å². The second-order valence-electron chi connectivity index (χ2n) is 6.02. The van der Waals surface area contributed by atoms with Gasteiger partial charge in [-0.3, -0.25) is 0 Å². The van der Waals surface area contributed by atoms with Crippen molar-refractivity contribution in [2.45, 2.75) is 31.5 Å². The Morgan fingerprint density at radius 3 is 2.64 bits per heavy atom. The van der Waals surface area contributed by atoms with Crippen molar-refractivity contribution in [3.05, 3.63) is 64.7 Å². The van der Waals surface area contributed by atoms with Crippen LogP contribution < -0.4 is 10.6 Å². The van der Waals surface area contributed by atoms with Gasteiger partial charge in [-0.1, -0.05) is 41.9 Å². The molecule has 0 spiro atoms. The number of hydrogen-bond acceptors (Lipinski definition) is 4. The van der Waals surface area contributed by atoms with Crippen LogP contribution in [-0.2, 0) is 11.3 Å². The molecule has 5 nitrogen and oxygen atoms in total. The topological polar surface area (TPSA) is 74.2 Å². The molecule has 0 saturated heterocycles. The summed E-state index contributed by atoms with van der Waals surface area (Å²) >= 11 is 6.15. The van der Waals surface area contributed by atoms with Crippen molar-refractivity contribution in [2.75, 3.05) is 5.32 Å². The maximum atomic E-state index is 11.8. The Balaban J connectivity index is 1.39. The highest BCUT2D eigenvalue weighted by Gasteiger charge is 2.31. The SMILES string of the molecule is N#Cc1ccc(NC2CC(NC(=O)OCc3ccccc3)C2)c(Cl)c1. The number of benzene rings is 2. The number of ether oxygens (including phenoxy) is 1. The quantitative estimate of drug-likeness (QED) is 0.847. The van der Waals surface area contributed by atoms with Gasteiger partial charge in [0.2, 0.25) is 0 Å². The Morgan fingerprint density at radius 2 is 1.96 bits per heavy atom. The smallest absolute Gasteiger partial charge is 0.407 e. The van der Waals surface area contributed by atoms with Crippen LogP contribution in [0.5, 0.6) is 0 Å². The molecule has 2 aromatic rings. The van der Waals surface area contributed by atoms with Gasteiger partial charge in [-0.05, 0) is 36.6 Å². The minimum atomic E-state index is -0.399. The number of carbonyl (C=O) groups is 1. The standard InChI is InChI=1S/C19H18ClN3O2/c20-17-8-14(11-21)6-7-18(17)22-15-9-16(10-15)23-19(24)25-12-13-4-2-1-3-5-13/h1-8,15-16,22H,9-10,12H2,(H,23,24). The lowest BCUT2D eigenvalue weighted by atomic mass is 9.86. The zero-order chi connectivity index (χ0) is 17.6. The van der Waals surface area contributed by atoms with Gasteiger partial charge in [-0.2, -0.15) is 5.26 Å². The van der Waals surface area contributed by atoms with Gasteiger partial charge < -0.3 is 15.4 Å². The molecule has 0 bridgehead atoms. The zero-order valence-corrected chi connectivity index (χ0v) is 14.3. The molecule has 6 heteroatoms. The molecule has 2 N–H and O–H groups in total. The van der Waals surface area contributed by atoms with Crippen LogP contribution in [0.4, 0.5) is 10.5 Å². The number of nitrogens with zero attached hydrogens (tertiary/aromatic N) is 1. The lowest BCUT2D eigenvalue weighted by Gasteiger charge is -2.36. The summed E-state index contributed by atoms with van der Waals surface area (Å²) in [5.41, 5.74) is 2.29. The highest BCUT2D eigenvalue weighted by Crippen LogP contribution is 2.29. The van der Waals surface area contributed by atoms with Gasteiger partial charge in [0.25, 0.3) is 0 Å². The second kappa shape index (κ2) is 7.91. The van der Waals surface area contributed by atoms with E-state index in [9.17, 15) is 4.79 Å². The van der Waals surface area contributed by atoms with E-state index in [4.69, 9.17) is 21.6 Å². The van der Waals surface area contributed by atoms with Gasteiger partial charge in [-0.15, -0.1) is 0 Å². The number of nitriles is 1. The summed E-state index contributed by atoms with van der Waals surface area (Å²) in [5.74, 6) is 0. The summed E-state index contributed by atoms with van der Waals surface area (Å²) in [5, 5.41) is 15.6. The van der Waals surface area contributed by atoms with Crippen molar-refractivity contribution >= 4 is 23.4 Å². The average Bonchev–Trinajstić information content (AvgIpc) is 2.60. The molecule has 1 fully saturated rings. The maximum absolute atomic E-state index is 11.8. The van der Waals surface area contributed by atoms with E-state index in [-0.39, 0.29) is 18.7 Å². The molecule has 1 amide bonds. The van der Waals surface area contributed by atoms with Gasteiger partial charge in [0.15, 0.2) is 0 Å². The molecule has 0 heterocycles. The van der Waals surface area contributed by atoms with Crippen LogP contribution in [0.1, 0.15) is 24.0 Å². The molecule has 1 aliphatic rings. The van der Waals surface area contributed by atoms with Gasteiger partial charge in [0.1, 0.15) is 6.61 Å². The summed E-state index contributed by atoms with van der Waals surface area (Å²) in [6.45, 7) is 0.266. The minimum Gasteiger partial charge on any atom is -0.445 e. The summed E-state index contributed by atoms with van der Waals surface area (Å²) < 4.78 is 5.21. The predicted octanol–water partition coefficient (Wildman–Crippen LogP) is 4.08. The van der Waals surface area contributed by atoms with Crippen LogP contribution >= 0.6 is 11.6 Å². The van der Waals surface area contributed by atoms with Crippen LogP contribution in [0, 0.1) is 11.3 Å². The average molecular weight is 356 g/mol. The summed E-state index contributed by atoms with van der Waals surface area (Å²) in [6, 6.07) is 17.1. The molecule has 0 radical (unpaired) electrons. The number of hydrogen-bond donors (Lipinski definition) is 2. The van der Waals surface area contributed by atoms with Gasteiger partial charge in [0, 0.05) is 12.1 Å². The molecule has 1 saturated carbocycles. The van der Waals surface area contributed by atoms with Crippen molar-refractivity contribution in [1.82, 2.24) is 5.32 Å². The molecule has 0 aromatic heterocycles. The summed E-state index contributed by atoms with van der Waals surface area (Å²) in [6.07, 6.45) is 1.21. The van der Waals surface area contributed by atoms with Gasteiger partial charge in [0.05, 0.1) is 22.3 Å².